The molecule has 3 fully saturated rings. The summed E-state index contributed by atoms with van der Waals surface area (Å²) in [5.74, 6) is -0.161. The summed E-state index contributed by atoms with van der Waals surface area (Å²) < 4.78 is 0. The molecule has 3 aliphatic rings. The molecule has 0 amide bonds. The van der Waals surface area contributed by atoms with Crippen LogP contribution in [0.15, 0.2) is 0 Å². The molecule has 1 aliphatic carbocycles. The Kier molecular flexibility index (Phi) is 2.34. The van der Waals surface area contributed by atoms with Gasteiger partial charge in [-0.15, -0.1) is 0 Å². The molecule has 2 aliphatic heterocycles. The van der Waals surface area contributed by atoms with Crippen molar-refractivity contribution < 1.29 is 9.90 Å². The zero-order valence-corrected chi connectivity index (χ0v) is 9.84. The maximum Gasteiger partial charge on any atom is 0.321 e. The average Bonchev–Trinajstić information content (AvgIpc) is 2.18. The molecule has 0 aromatic carbocycles. The molecule has 3 nitrogen and oxygen atoms in total. The van der Waals surface area contributed by atoms with Crippen molar-refractivity contribution in [2.24, 2.45) is 11.3 Å². The highest BCUT2D eigenvalue weighted by Gasteiger charge is 2.55. The number of carbonyl (C=O) groups is 1. The van der Waals surface area contributed by atoms with E-state index in [-0.39, 0.29) is 17.0 Å². The molecule has 0 aromatic heterocycles. The summed E-state index contributed by atoms with van der Waals surface area (Å²) in [5, 5.41) is 12.7. The van der Waals surface area contributed by atoms with Crippen molar-refractivity contribution in [1.82, 2.24) is 5.32 Å². The Balaban J connectivity index is 2.28. The summed E-state index contributed by atoms with van der Waals surface area (Å²) in [6, 6.07) is -0.345. The second kappa shape index (κ2) is 3.21. The van der Waals surface area contributed by atoms with E-state index in [1.165, 1.54) is 0 Å². The summed E-state index contributed by atoms with van der Waals surface area (Å²) in [7, 11) is 0. The molecule has 2 bridgehead atoms. The number of carboxylic acid groups (broad SMARTS) is 1. The van der Waals surface area contributed by atoms with Gasteiger partial charge < -0.3 is 5.11 Å². The molecule has 0 aromatic rings. The standard InChI is InChI=1S/C12H21NO2/c1-8(2)12-6-4-11(3,5-7-12)9(13-12)10(14)15/h8-9,13H,4-7H2,1-3H3,(H,14,15). The predicted molar refractivity (Wildman–Crippen MR) is 58.7 cm³/mol. The molecule has 1 unspecified atom stereocenters. The first-order valence-corrected chi connectivity index (χ1v) is 5.90. The van der Waals surface area contributed by atoms with E-state index in [1.54, 1.807) is 0 Å². The van der Waals surface area contributed by atoms with Gasteiger partial charge in [0.1, 0.15) is 6.04 Å². The molecule has 3 heteroatoms. The lowest BCUT2D eigenvalue weighted by molar-refractivity contribution is -0.150. The predicted octanol–water partition coefficient (Wildman–Crippen LogP) is 2.02. The lowest BCUT2D eigenvalue weighted by Gasteiger charge is -2.57. The second-order valence-corrected chi connectivity index (χ2v) is 5.88. The highest BCUT2D eigenvalue weighted by molar-refractivity contribution is 5.75. The molecule has 2 saturated heterocycles. The van der Waals surface area contributed by atoms with Crippen molar-refractivity contribution in [3.63, 3.8) is 0 Å². The van der Waals surface area contributed by atoms with Crippen molar-refractivity contribution in [2.45, 2.75) is 58.0 Å². The third-order valence-corrected chi connectivity index (χ3v) is 4.77. The fraction of sp³-hybridized carbons (Fsp3) is 0.917. The Hall–Kier alpha value is -0.570. The lowest BCUT2D eigenvalue weighted by atomic mass is 9.57. The van der Waals surface area contributed by atoms with Gasteiger partial charge in [0, 0.05) is 5.54 Å². The average molecular weight is 211 g/mol. The maximum atomic E-state index is 11.3. The molecule has 1 atom stereocenters. The lowest BCUT2D eigenvalue weighted by Crippen LogP contribution is -2.69. The number of fused-ring (bicyclic) bond motifs is 3. The third-order valence-electron chi connectivity index (χ3n) is 4.77. The SMILES string of the molecule is CC(C)C12CCC(C)(CC1)C(C(=O)O)N2. The van der Waals surface area contributed by atoms with Gasteiger partial charge in [0.2, 0.25) is 0 Å². The van der Waals surface area contributed by atoms with Crippen LogP contribution in [0.2, 0.25) is 0 Å². The van der Waals surface area contributed by atoms with Gasteiger partial charge in [0.15, 0.2) is 0 Å². The Bertz CT molecular complexity index is 277. The van der Waals surface area contributed by atoms with Crippen LogP contribution in [-0.4, -0.2) is 22.7 Å². The monoisotopic (exact) mass is 211 g/mol. The van der Waals surface area contributed by atoms with Gasteiger partial charge in [-0.05, 0) is 37.0 Å². The number of hydrogen-bond acceptors (Lipinski definition) is 2. The van der Waals surface area contributed by atoms with Crippen molar-refractivity contribution >= 4 is 5.97 Å². The van der Waals surface area contributed by atoms with Gasteiger partial charge in [-0.2, -0.15) is 0 Å². The minimum atomic E-state index is -0.679. The molecular formula is C12H21NO2. The van der Waals surface area contributed by atoms with E-state index in [2.05, 4.69) is 26.1 Å². The summed E-state index contributed by atoms with van der Waals surface area (Å²) in [5.41, 5.74) is 0.0588. The Labute approximate surface area is 91.2 Å². The van der Waals surface area contributed by atoms with E-state index in [0.29, 0.717) is 5.92 Å². The third kappa shape index (κ3) is 1.48. The van der Waals surface area contributed by atoms with Crippen LogP contribution in [0.3, 0.4) is 0 Å². The number of hydrogen-bond donors (Lipinski definition) is 2. The van der Waals surface area contributed by atoms with E-state index in [1.807, 2.05) is 0 Å². The first kappa shape index (κ1) is 10.9. The van der Waals surface area contributed by atoms with Gasteiger partial charge in [0.05, 0.1) is 0 Å². The first-order chi connectivity index (χ1) is 6.90. The number of piperidine rings is 2. The smallest absolute Gasteiger partial charge is 0.321 e. The minimum absolute atomic E-state index is 0.0253. The molecule has 1 saturated carbocycles. The van der Waals surface area contributed by atoms with E-state index < -0.39 is 5.97 Å². The van der Waals surface area contributed by atoms with Crippen LogP contribution < -0.4 is 5.32 Å². The normalized spacial score (nSPS) is 44.7. The second-order valence-electron chi connectivity index (χ2n) is 5.88. The van der Waals surface area contributed by atoms with E-state index in [0.717, 1.165) is 25.7 Å². The Morgan fingerprint density at radius 2 is 1.87 bits per heavy atom. The van der Waals surface area contributed by atoms with Crippen LogP contribution in [0.1, 0.15) is 46.5 Å². The summed E-state index contributed by atoms with van der Waals surface area (Å²) in [6.45, 7) is 6.50. The number of nitrogens with one attached hydrogen (secondary N) is 1. The van der Waals surface area contributed by atoms with Crippen LogP contribution in [0, 0.1) is 11.3 Å². The van der Waals surface area contributed by atoms with E-state index in [9.17, 15) is 9.90 Å². The van der Waals surface area contributed by atoms with E-state index >= 15 is 0 Å². The Morgan fingerprint density at radius 3 is 2.27 bits per heavy atom. The zero-order valence-electron chi connectivity index (χ0n) is 9.84. The first-order valence-electron chi connectivity index (χ1n) is 5.90. The summed E-state index contributed by atoms with van der Waals surface area (Å²) >= 11 is 0. The Morgan fingerprint density at radius 1 is 1.33 bits per heavy atom. The van der Waals surface area contributed by atoms with Crippen molar-refractivity contribution in [3.8, 4) is 0 Å². The van der Waals surface area contributed by atoms with Crippen molar-refractivity contribution in [1.29, 1.82) is 0 Å². The molecule has 2 N–H and O–H groups in total. The minimum Gasteiger partial charge on any atom is -0.480 e. The highest BCUT2D eigenvalue weighted by Crippen LogP contribution is 2.51. The number of rotatable bonds is 2. The molecule has 2 heterocycles. The van der Waals surface area contributed by atoms with Crippen LogP contribution in [0.25, 0.3) is 0 Å². The number of aliphatic carboxylic acids is 1. The van der Waals surface area contributed by atoms with Crippen molar-refractivity contribution in [3.05, 3.63) is 0 Å². The maximum absolute atomic E-state index is 11.3. The molecule has 15 heavy (non-hydrogen) atoms. The van der Waals surface area contributed by atoms with E-state index in [4.69, 9.17) is 0 Å². The van der Waals surface area contributed by atoms with Gasteiger partial charge in [-0.1, -0.05) is 20.8 Å². The van der Waals surface area contributed by atoms with Crippen LogP contribution in [0.4, 0.5) is 0 Å². The molecular weight excluding hydrogens is 190 g/mol. The van der Waals surface area contributed by atoms with Crippen LogP contribution in [0.5, 0.6) is 0 Å². The fourth-order valence-corrected chi connectivity index (χ4v) is 3.27. The quantitative estimate of drug-likeness (QED) is 0.734. The fourth-order valence-electron chi connectivity index (χ4n) is 3.27. The van der Waals surface area contributed by atoms with Crippen LogP contribution in [-0.2, 0) is 4.79 Å². The zero-order chi connectivity index (χ0) is 11.3. The van der Waals surface area contributed by atoms with Gasteiger partial charge in [-0.25, -0.2) is 0 Å². The summed E-state index contributed by atoms with van der Waals surface area (Å²) in [6.07, 6.45) is 4.36. The summed E-state index contributed by atoms with van der Waals surface area (Å²) in [4.78, 5) is 11.3. The van der Waals surface area contributed by atoms with Gasteiger partial charge in [-0.3, -0.25) is 10.1 Å². The molecule has 0 spiro atoms. The topological polar surface area (TPSA) is 49.3 Å². The highest BCUT2D eigenvalue weighted by atomic mass is 16.4. The van der Waals surface area contributed by atoms with Crippen molar-refractivity contribution in [2.75, 3.05) is 0 Å². The largest absolute Gasteiger partial charge is 0.480 e. The van der Waals surface area contributed by atoms with Gasteiger partial charge >= 0.3 is 5.97 Å². The molecule has 3 rings (SSSR count). The molecule has 0 radical (unpaired) electrons. The number of carboxylic acids is 1. The van der Waals surface area contributed by atoms with Gasteiger partial charge in [0.25, 0.3) is 0 Å². The molecule has 86 valence electrons. The van der Waals surface area contributed by atoms with Crippen LogP contribution >= 0.6 is 0 Å².